The maximum absolute atomic E-state index is 8.61. The molecule has 0 bridgehead atoms. The molecule has 0 spiro atoms. The predicted molar refractivity (Wildman–Crippen MR) is 46.2 cm³/mol. The van der Waals surface area contributed by atoms with E-state index in [9.17, 15) is 0 Å². The Morgan fingerprint density at radius 3 is 2.08 bits per heavy atom. The van der Waals surface area contributed by atoms with Crippen LogP contribution in [0.4, 0.5) is 0 Å². The Labute approximate surface area is 76.3 Å². The first-order chi connectivity index (χ1) is 6.30. The summed E-state index contributed by atoms with van der Waals surface area (Å²) in [7, 11) is 0. The summed E-state index contributed by atoms with van der Waals surface area (Å²) < 4.78 is 0. The van der Waals surface area contributed by atoms with Gasteiger partial charge < -0.3 is 4.85 Å². The highest BCUT2D eigenvalue weighted by Gasteiger charge is 2.01. The molecule has 0 saturated heterocycles. The molecule has 3 nitrogen and oxygen atoms in total. The molecule has 0 aliphatic carbocycles. The number of hydrogen-bond donors (Lipinski definition) is 0. The van der Waals surface area contributed by atoms with Crippen LogP contribution in [0.2, 0.25) is 0 Å². The van der Waals surface area contributed by atoms with Crippen molar-refractivity contribution in [2.75, 3.05) is 0 Å². The molecular formula is C10H5N3. The molecule has 13 heavy (non-hydrogen) atoms. The Hall–Kier alpha value is -2.31. The Bertz CT molecular complexity index is 408. The summed E-state index contributed by atoms with van der Waals surface area (Å²) in [6, 6.07) is 8.65. The maximum atomic E-state index is 8.61. The summed E-state index contributed by atoms with van der Waals surface area (Å²) >= 11 is 0. The lowest BCUT2D eigenvalue weighted by Crippen LogP contribution is -1.85. The molecule has 3 heteroatoms. The summed E-state index contributed by atoms with van der Waals surface area (Å²) in [4.78, 5) is 3.19. The van der Waals surface area contributed by atoms with Gasteiger partial charge in [0.15, 0.2) is 0 Å². The van der Waals surface area contributed by atoms with Gasteiger partial charge in [0.1, 0.15) is 0 Å². The minimum absolute atomic E-state index is 0.212. The van der Waals surface area contributed by atoms with Crippen LogP contribution >= 0.6 is 0 Å². The molecule has 0 fully saturated rings. The van der Waals surface area contributed by atoms with Crippen LogP contribution in [0.25, 0.3) is 4.85 Å². The molecule has 60 valence electrons. The molecular weight excluding hydrogens is 162 g/mol. The molecule has 0 amide bonds. The summed E-state index contributed by atoms with van der Waals surface area (Å²) in [5, 5.41) is 17.2. The average molecular weight is 167 g/mol. The predicted octanol–water partition coefficient (Wildman–Crippen LogP) is 1.85. The Balaban J connectivity index is 3.20. The summed E-state index contributed by atoms with van der Waals surface area (Å²) in [5.41, 5.74) is 1.57. The van der Waals surface area contributed by atoms with Crippen molar-refractivity contribution in [2.45, 2.75) is 6.54 Å². The number of rotatable bonds is 1. The van der Waals surface area contributed by atoms with Crippen molar-refractivity contribution in [3.63, 3.8) is 0 Å². The quantitative estimate of drug-likeness (QED) is 0.599. The molecule has 0 aliphatic heterocycles. The van der Waals surface area contributed by atoms with E-state index in [-0.39, 0.29) is 6.54 Å². The second kappa shape index (κ2) is 3.90. The normalized spacial score (nSPS) is 8.08. The Morgan fingerprint density at radius 1 is 1.15 bits per heavy atom. The van der Waals surface area contributed by atoms with E-state index in [4.69, 9.17) is 17.1 Å². The number of nitriles is 2. The lowest BCUT2D eigenvalue weighted by Gasteiger charge is -1.94. The summed E-state index contributed by atoms with van der Waals surface area (Å²) in [5.74, 6) is 0. The zero-order valence-corrected chi connectivity index (χ0v) is 6.78. The first kappa shape index (κ1) is 8.78. The van der Waals surface area contributed by atoms with Gasteiger partial charge in [-0.05, 0) is 18.2 Å². The summed E-state index contributed by atoms with van der Waals surface area (Å²) in [6.07, 6.45) is 0. The van der Waals surface area contributed by atoms with E-state index < -0.39 is 0 Å². The SMILES string of the molecule is [C-]#[N+]Cc1cc(C#N)cc(C#N)c1. The second-order valence-corrected chi connectivity index (χ2v) is 2.46. The molecule has 0 heterocycles. The van der Waals surface area contributed by atoms with Gasteiger partial charge in [-0.25, -0.2) is 6.57 Å². The van der Waals surface area contributed by atoms with E-state index in [1.807, 2.05) is 12.1 Å². The van der Waals surface area contributed by atoms with Crippen LogP contribution in [0.5, 0.6) is 0 Å². The van der Waals surface area contributed by atoms with Gasteiger partial charge in [0.2, 0.25) is 6.54 Å². The van der Waals surface area contributed by atoms with E-state index in [1.165, 1.54) is 6.07 Å². The zero-order valence-electron chi connectivity index (χ0n) is 6.78. The summed E-state index contributed by atoms with van der Waals surface area (Å²) in [6.45, 7) is 6.87. The number of hydrogen-bond acceptors (Lipinski definition) is 2. The van der Waals surface area contributed by atoms with Gasteiger partial charge in [-0.2, -0.15) is 10.5 Å². The van der Waals surface area contributed by atoms with Crippen molar-refractivity contribution in [3.05, 3.63) is 46.3 Å². The van der Waals surface area contributed by atoms with E-state index >= 15 is 0 Å². The highest BCUT2D eigenvalue weighted by Crippen LogP contribution is 2.09. The van der Waals surface area contributed by atoms with Crippen molar-refractivity contribution in [1.29, 1.82) is 10.5 Å². The van der Waals surface area contributed by atoms with Crippen molar-refractivity contribution in [2.24, 2.45) is 0 Å². The maximum Gasteiger partial charge on any atom is 0.239 e. The molecule has 0 saturated carbocycles. The topological polar surface area (TPSA) is 51.9 Å². The molecule has 1 rings (SSSR count). The van der Waals surface area contributed by atoms with E-state index in [0.717, 1.165) is 0 Å². The highest BCUT2D eigenvalue weighted by atomic mass is 14.6. The van der Waals surface area contributed by atoms with Crippen LogP contribution in [0, 0.1) is 29.2 Å². The fourth-order valence-electron chi connectivity index (χ4n) is 1.00. The van der Waals surface area contributed by atoms with Crippen molar-refractivity contribution < 1.29 is 0 Å². The molecule has 0 aromatic heterocycles. The molecule has 1 aromatic rings. The largest absolute Gasteiger partial charge is 0.312 e. The fourth-order valence-corrected chi connectivity index (χ4v) is 1.00. The lowest BCUT2D eigenvalue weighted by molar-refractivity contribution is 1.25. The van der Waals surface area contributed by atoms with Gasteiger partial charge in [0.25, 0.3) is 0 Å². The third-order valence-corrected chi connectivity index (χ3v) is 1.51. The highest BCUT2D eigenvalue weighted by molar-refractivity contribution is 5.42. The van der Waals surface area contributed by atoms with Gasteiger partial charge in [-0.15, -0.1) is 0 Å². The molecule has 1 aromatic carbocycles. The van der Waals surface area contributed by atoms with Crippen molar-refractivity contribution in [3.8, 4) is 12.1 Å². The fraction of sp³-hybridized carbons (Fsp3) is 0.100. The van der Waals surface area contributed by atoms with Crippen LogP contribution in [-0.4, -0.2) is 0 Å². The van der Waals surface area contributed by atoms with Crippen molar-refractivity contribution >= 4 is 0 Å². The van der Waals surface area contributed by atoms with Crippen LogP contribution in [0.3, 0.4) is 0 Å². The Morgan fingerprint density at radius 2 is 1.69 bits per heavy atom. The van der Waals surface area contributed by atoms with Crippen LogP contribution < -0.4 is 0 Å². The van der Waals surface area contributed by atoms with Crippen LogP contribution in [0.1, 0.15) is 16.7 Å². The zero-order chi connectivity index (χ0) is 9.68. The third kappa shape index (κ3) is 2.06. The number of nitrogens with zero attached hydrogens (tertiary/aromatic N) is 3. The monoisotopic (exact) mass is 167 g/mol. The van der Waals surface area contributed by atoms with Gasteiger partial charge in [0.05, 0.1) is 23.3 Å². The van der Waals surface area contributed by atoms with Gasteiger partial charge in [-0.3, -0.25) is 0 Å². The Kier molecular flexibility index (Phi) is 2.64. The lowest BCUT2D eigenvalue weighted by atomic mass is 10.1. The molecule has 0 N–H and O–H groups in total. The first-order valence-corrected chi connectivity index (χ1v) is 3.57. The van der Waals surface area contributed by atoms with Gasteiger partial charge in [-0.1, -0.05) is 0 Å². The van der Waals surface area contributed by atoms with Gasteiger partial charge >= 0.3 is 0 Å². The van der Waals surface area contributed by atoms with Crippen molar-refractivity contribution in [1.82, 2.24) is 0 Å². The van der Waals surface area contributed by atoms with E-state index in [1.54, 1.807) is 12.1 Å². The third-order valence-electron chi connectivity index (χ3n) is 1.51. The van der Waals surface area contributed by atoms with Crippen LogP contribution in [0.15, 0.2) is 18.2 Å². The second-order valence-electron chi connectivity index (χ2n) is 2.46. The molecule has 0 unspecified atom stereocenters. The standard InChI is InChI=1S/C10H5N3/c1-13-7-10-3-8(5-11)2-9(4-10)6-12/h2-4H,7H2. The first-order valence-electron chi connectivity index (χ1n) is 3.57. The molecule has 0 radical (unpaired) electrons. The van der Waals surface area contributed by atoms with E-state index in [0.29, 0.717) is 16.7 Å². The van der Waals surface area contributed by atoms with E-state index in [2.05, 4.69) is 4.85 Å². The molecule has 0 aliphatic rings. The minimum Gasteiger partial charge on any atom is -0.312 e. The number of benzene rings is 1. The smallest absolute Gasteiger partial charge is 0.239 e. The minimum atomic E-state index is 0.212. The van der Waals surface area contributed by atoms with Gasteiger partial charge in [0, 0.05) is 5.56 Å². The van der Waals surface area contributed by atoms with Crippen LogP contribution in [-0.2, 0) is 6.54 Å². The average Bonchev–Trinajstić information content (AvgIpc) is 2.17. The molecule has 0 atom stereocenters.